The van der Waals surface area contributed by atoms with Crippen molar-refractivity contribution in [3.8, 4) is 5.75 Å². The second-order valence-electron chi connectivity index (χ2n) is 24.4. The average Bonchev–Trinajstić information content (AvgIpc) is 2.83. The van der Waals surface area contributed by atoms with Crippen molar-refractivity contribution in [2.75, 3.05) is 72.2 Å². The molecule has 496 valence electrons. The zero-order valence-corrected chi connectivity index (χ0v) is 58.3. The summed E-state index contributed by atoms with van der Waals surface area (Å²) in [5.74, 6) is -3.66. The number of phenolic OH excluding ortho intramolecular Hbond substituents is 1. The molecule has 4 rings (SSSR count). The molecule has 1 aliphatic heterocycles. The third-order valence-electron chi connectivity index (χ3n) is 15.5. The van der Waals surface area contributed by atoms with Crippen LogP contribution in [0.5, 0.6) is 5.75 Å². The molecular formula is C61H99N11O13S2Si2. The van der Waals surface area contributed by atoms with Gasteiger partial charge < -0.3 is 53.8 Å². The quantitative estimate of drug-likeness (QED) is 0.00602. The van der Waals surface area contributed by atoms with Gasteiger partial charge in [0.1, 0.15) is 28.5 Å². The summed E-state index contributed by atoms with van der Waals surface area (Å²) in [4.78, 5) is 104. The summed E-state index contributed by atoms with van der Waals surface area (Å²) in [6, 6.07) is 3.77. The van der Waals surface area contributed by atoms with E-state index in [1.165, 1.54) is 18.9 Å². The van der Waals surface area contributed by atoms with E-state index in [-0.39, 0.29) is 60.9 Å². The van der Waals surface area contributed by atoms with E-state index >= 15 is 4.79 Å². The number of hydrogen-bond acceptors (Lipinski definition) is 20. The van der Waals surface area contributed by atoms with Crippen LogP contribution < -0.4 is 16.0 Å². The molecule has 1 saturated heterocycles. The number of carbonyl (C=O) groups excluding carboxylic acids is 6. The Morgan fingerprint density at radius 1 is 0.910 bits per heavy atom. The van der Waals surface area contributed by atoms with E-state index in [0.717, 1.165) is 59.7 Å². The van der Waals surface area contributed by atoms with Crippen molar-refractivity contribution in [1.82, 2.24) is 40.7 Å². The molecule has 1 aromatic carbocycles. The number of hydrogen-bond donors (Lipinski definition) is 4. The maximum absolute atomic E-state index is 15.2. The van der Waals surface area contributed by atoms with Gasteiger partial charge >= 0.3 is 11.9 Å². The fourth-order valence-electron chi connectivity index (χ4n) is 10.7. The predicted molar refractivity (Wildman–Crippen MR) is 348 cm³/mol. The number of rotatable bonds is 41. The van der Waals surface area contributed by atoms with Crippen molar-refractivity contribution >= 4 is 75.3 Å². The number of piperidine rings is 1. The number of methoxy groups -OCH3 is 1. The number of thiazole rings is 1. The Labute approximate surface area is 536 Å². The summed E-state index contributed by atoms with van der Waals surface area (Å²) in [6.07, 6.45) is 7.11. The topological polar surface area (TPSA) is 308 Å². The number of likely N-dealkylation sites (tertiary alicyclic amines) is 1. The fraction of sp³-hybridized carbons (Fsp3) is 0.689. The Balaban J connectivity index is 1.39. The second kappa shape index (κ2) is 39.0. The maximum atomic E-state index is 15.2. The van der Waals surface area contributed by atoms with Gasteiger partial charge in [-0.25, -0.2) is 19.7 Å². The number of benzene rings is 1. The van der Waals surface area contributed by atoms with Crippen molar-refractivity contribution in [3.63, 3.8) is 0 Å². The zero-order chi connectivity index (χ0) is 65.7. The number of aromatic nitrogens is 3. The lowest BCUT2D eigenvalue weighted by atomic mass is 9.90. The molecule has 24 nitrogen and oxygen atoms in total. The lowest BCUT2D eigenvalue weighted by Gasteiger charge is -2.43. The molecule has 3 aromatic rings. The van der Waals surface area contributed by atoms with Gasteiger partial charge in [0, 0.05) is 78.1 Å². The second-order valence-corrected chi connectivity index (χ2v) is 35.4. The van der Waals surface area contributed by atoms with Gasteiger partial charge in [-0.05, 0) is 119 Å². The molecule has 1 aliphatic rings. The minimum absolute atomic E-state index is 0.00534. The maximum Gasteiger partial charge on any atom is 0.328 e. The normalized spacial score (nSPS) is 16.2. The number of carbonyl (C=O) groups is 6. The van der Waals surface area contributed by atoms with Gasteiger partial charge in [0.25, 0.3) is 5.91 Å². The molecule has 8 atom stereocenters. The number of nitrogens with one attached hydrogen (secondary N) is 3. The van der Waals surface area contributed by atoms with Gasteiger partial charge in [-0.15, -0.1) is 11.3 Å². The standard InChI is InChI=1S/C61H99N11O13S2Si2/c1-14-42(5)54(69-57(77)51-19-16-17-26-71(51)8)59(78)72(50(15-2)60(79)80-9)52(41(3)4)35-53(84-44(7)73)58-68-49(39-86-58)56(76)67-47(34-45-20-22-48(74)23-21-45)33-43(6)55(75)63-24-18-32-88(10,11)85-89(12,13)40-87-61-64-36-46(37-65-61)38-83-31-30-82-29-28-81-27-25-66-70-62/h20-23,36-37,39,41-43,47,50-54,74H,14-19,24-35,38,40H2,1-13H3,(H,63,75)(H,67,76)(H,69,77)/t42-,43+,47-,50?,51-,52-,53-,54+/m0/s1. The van der Waals surface area contributed by atoms with E-state index in [2.05, 4.69) is 62.1 Å². The van der Waals surface area contributed by atoms with Gasteiger partial charge in [-0.3, -0.25) is 28.9 Å². The number of likely N-dealkylation sites (N-methyl/N-ethyl adjacent to an activating group) is 1. The lowest BCUT2D eigenvalue weighted by Crippen LogP contribution is -2.62. The van der Waals surface area contributed by atoms with E-state index in [4.69, 9.17) is 38.3 Å². The molecule has 0 spiro atoms. The highest BCUT2D eigenvalue weighted by Gasteiger charge is 2.44. The Bertz CT molecular complexity index is 2730. The fourth-order valence-corrected chi connectivity index (χ4v) is 21.9. The molecule has 0 saturated carbocycles. The first-order valence-electron chi connectivity index (χ1n) is 31.1. The van der Waals surface area contributed by atoms with Crippen LogP contribution in [0.15, 0.2) is 52.3 Å². The number of nitrogens with zero attached hydrogens (tertiary/aromatic N) is 8. The molecule has 4 amide bonds. The van der Waals surface area contributed by atoms with E-state index in [9.17, 15) is 29.1 Å². The van der Waals surface area contributed by atoms with Crippen LogP contribution in [0.2, 0.25) is 32.2 Å². The Morgan fingerprint density at radius 3 is 2.20 bits per heavy atom. The number of amides is 4. The van der Waals surface area contributed by atoms with E-state index in [1.54, 1.807) is 60.7 Å². The van der Waals surface area contributed by atoms with Crippen LogP contribution in [-0.4, -0.2) is 184 Å². The first kappa shape index (κ1) is 75.9. The minimum atomic E-state index is -2.15. The van der Waals surface area contributed by atoms with Crippen molar-refractivity contribution in [2.45, 2.75) is 187 Å². The number of thioether (sulfide) groups is 1. The van der Waals surface area contributed by atoms with E-state index in [1.807, 2.05) is 46.6 Å². The van der Waals surface area contributed by atoms with Crippen LogP contribution in [0.3, 0.4) is 0 Å². The Hall–Kier alpha value is -5.56. The number of phenols is 1. The predicted octanol–water partition coefficient (Wildman–Crippen LogP) is 8.95. The van der Waals surface area contributed by atoms with Gasteiger partial charge in [-0.1, -0.05) is 83.4 Å². The first-order valence-corrected chi connectivity index (χ1v) is 39.2. The average molecular weight is 1310 g/mol. The molecule has 1 unspecified atom stereocenters. The molecule has 0 aliphatic carbocycles. The number of azide groups is 1. The van der Waals surface area contributed by atoms with Gasteiger partial charge in [0.15, 0.2) is 27.9 Å². The Morgan fingerprint density at radius 2 is 1.58 bits per heavy atom. The Kier molecular flexibility index (Phi) is 33.2. The van der Waals surface area contributed by atoms with Crippen LogP contribution in [-0.2, 0) is 64.8 Å². The van der Waals surface area contributed by atoms with Crippen LogP contribution in [0, 0.1) is 17.8 Å². The third kappa shape index (κ3) is 26.7. The monoisotopic (exact) mass is 1310 g/mol. The molecule has 2 aromatic heterocycles. The van der Waals surface area contributed by atoms with E-state index < -0.39 is 82.6 Å². The summed E-state index contributed by atoms with van der Waals surface area (Å²) in [5, 5.41) is 26.1. The van der Waals surface area contributed by atoms with Gasteiger partial charge in [0.2, 0.25) is 17.7 Å². The number of ether oxygens (including phenoxy) is 5. The first-order chi connectivity index (χ1) is 42.3. The minimum Gasteiger partial charge on any atom is -0.508 e. The molecule has 89 heavy (non-hydrogen) atoms. The summed E-state index contributed by atoms with van der Waals surface area (Å²) in [7, 11) is -1.13. The van der Waals surface area contributed by atoms with Crippen LogP contribution >= 0.6 is 23.1 Å². The highest BCUT2D eigenvalue weighted by atomic mass is 32.2. The largest absolute Gasteiger partial charge is 0.508 e. The summed E-state index contributed by atoms with van der Waals surface area (Å²) in [6.45, 7) is 25.2. The molecule has 28 heteroatoms. The highest BCUT2D eigenvalue weighted by Crippen LogP contribution is 2.34. The number of esters is 2. The van der Waals surface area contributed by atoms with Gasteiger partial charge in [-0.2, -0.15) is 0 Å². The van der Waals surface area contributed by atoms with Crippen molar-refractivity contribution in [2.24, 2.45) is 22.9 Å². The SMILES string of the molecule is CCC(C(=O)OC)N(C(=O)[C@H](NC(=O)[C@@H]1CCCCN1C)[C@@H](C)CC)[C@@H](C[C@H](OC(C)=O)c1nc(C(=O)N[C@H](Cc2ccc(O)cc2)C[C@@H](C)C(=O)NCCC[Si](C)(C)O[Si](C)(C)CSc2ncc(COCCOCCOCCN=[N+]=[N-])cn2)cs1)C(C)C. The van der Waals surface area contributed by atoms with Crippen molar-refractivity contribution in [3.05, 3.63) is 74.3 Å². The number of aromatic hydroxyl groups is 1. The van der Waals surface area contributed by atoms with E-state index in [0.29, 0.717) is 75.6 Å². The summed E-state index contributed by atoms with van der Waals surface area (Å²) < 4.78 is 34.7. The van der Waals surface area contributed by atoms with Crippen LogP contribution in [0.25, 0.3) is 10.4 Å². The van der Waals surface area contributed by atoms with Gasteiger partial charge in [0.05, 0.1) is 52.8 Å². The van der Waals surface area contributed by atoms with Crippen LogP contribution in [0.4, 0.5) is 0 Å². The summed E-state index contributed by atoms with van der Waals surface area (Å²) >= 11 is 2.69. The summed E-state index contributed by atoms with van der Waals surface area (Å²) in [5.41, 5.74) is 10.0. The van der Waals surface area contributed by atoms with Crippen molar-refractivity contribution < 1.29 is 61.7 Å². The third-order valence-corrected chi connectivity index (χ3v) is 26.3. The molecule has 4 N–H and O–H groups in total. The van der Waals surface area contributed by atoms with Crippen molar-refractivity contribution in [1.29, 1.82) is 0 Å². The molecule has 3 heterocycles. The van der Waals surface area contributed by atoms with Crippen LogP contribution in [0.1, 0.15) is 133 Å². The zero-order valence-electron chi connectivity index (χ0n) is 54.6. The smallest absolute Gasteiger partial charge is 0.328 e. The molecule has 1 fully saturated rings. The molecular weight excluding hydrogens is 1220 g/mol. The molecule has 0 radical (unpaired) electrons. The lowest BCUT2D eigenvalue weighted by molar-refractivity contribution is -0.160. The highest BCUT2D eigenvalue weighted by molar-refractivity contribution is 8.00. The molecule has 0 bridgehead atoms.